The number of ether oxygens (including phenoxy) is 2. The van der Waals surface area contributed by atoms with Crippen molar-refractivity contribution in [2.75, 3.05) is 12.4 Å². The van der Waals surface area contributed by atoms with Crippen molar-refractivity contribution in [1.29, 1.82) is 0 Å². The molecule has 0 spiro atoms. The van der Waals surface area contributed by atoms with Crippen LogP contribution < -0.4 is 5.32 Å². The summed E-state index contributed by atoms with van der Waals surface area (Å²) in [7, 11) is 1.36. The minimum absolute atomic E-state index is 0.0238. The second-order valence-corrected chi connectivity index (χ2v) is 8.03. The maximum atomic E-state index is 12.9. The van der Waals surface area contributed by atoms with Crippen molar-refractivity contribution in [3.8, 4) is 11.1 Å². The zero-order chi connectivity index (χ0) is 20.1. The molecule has 1 aliphatic heterocycles. The molecule has 148 valence electrons. The van der Waals surface area contributed by atoms with Gasteiger partial charge in [-0.3, -0.25) is 9.59 Å². The van der Waals surface area contributed by atoms with Crippen LogP contribution in [0.25, 0.3) is 11.1 Å². The summed E-state index contributed by atoms with van der Waals surface area (Å²) >= 11 is 0. The SMILES string of the molecule is COC(=O)c1ccccc1-c1ccc(NC(=O)[C@H]2[C@H]3C[C@@H]4[C@@H]2C(=O)O[C@@H]4C3)cc1. The van der Waals surface area contributed by atoms with E-state index < -0.39 is 5.97 Å². The van der Waals surface area contributed by atoms with Crippen LogP contribution in [-0.2, 0) is 19.1 Å². The summed E-state index contributed by atoms with van der Waals surface area (Å²) in [6.45, 7) is 0. The predicted molar refractivity (Wildman–Crippen MR) is 105 cm³/mol. The number of benzene rings is 2. The summed E-state index contributed by atoms with van der Waals surface area (Å²) in [5.41, 5.74) is 2.78. The first-order valence-electron chi connectivity index (χ1n) is 9.86. The van der Waals surface area contributed by atoms with Crippen molar-refractivity contribution in [2.45, 2.75) is 18.9 Å². The molecule has 3 aliphatic rings. The first-order chi connectivity index (χ1) is 14.1. The molecule has 3 fully saturated rings. The van der Waals surface area contributed by atoms with E-state index in [-0.39, 0.29) is 41.7 Å². The van der Waals surface area contributed by atoms with E-state index in [4.69, 9.17) is 9.47 Å². The Labute approximate surface area is 168 Å². The number of hydrogen-bond donors (Lipinski definition) is 1. The molecular formula is C23H21NO5. The quantitative estimate of drug-likeness (QED) is 0.809. The highest BCUT2D eigenvalue weighted by atomic mass is 16.6. The molecule has 0 radical (unpaired) electrons. The summed E-state index contributed by atoms with van der Waals surface area (Å²) in [5.74, 6) is -0.863. The molecule has 1 saturated heterocycles. The zero-order valence-corrected chi connectivity index (χ0v) is 16.0. The Kier molecular flexibility index (Phi) is 4.15. The fourth-order valence-corrected chi connectivity index (χ4v) is 5.34. The lowest BCUT2D eigenvalue weighted by atomic mass is 9.79. The molecule has 2 aliphatic carbocycles. The normalized spacial score (nSPS) is 28.9. The molecule has 0 aromatic heterocycles. The Bertz CT molecular complexity index is 997. The van der Waals surface area contributed by atoms with Crippen LogP contribution in [0.5, 0.6) is 0 Å². The van der Waals surface area contributed by atoms with E-state index in [1.807, 2.05) is 36.4 Å². The highest BCUT2D eigenvalue weighted by Crippen LogP contribution is 2.57. The molecule has 6 heteroatoms. The third-order valence-electron chi connectivity index (χ3n) is 6.58. The van der Waals surface area contributed by atoms with Crippen LogP contribution in [0.1, 0.15) is 23.2 Å². The summed E-state index contributed by atoms with van der Waals surface area (Å²) < 4.78 is 10.3. The Hall–Kier alpha value is -3.15. The smallest absolute Gasteiger partial charge is 0.338 e. The predicted octanol–water partition coefficient (Wildman–Crippen LogP) is 3.28. The number of amides is 1. The zero-order valence-electron chi connectivity index (χ0n) is 16.0. The molecule has 1 heterocycles. The minimum atomic E-state index is -0.393. The minimum Gasteiger partial charge on any atom is -0.465 e. The van der Waals surface area contributed by atoms with Crippen LogP contribution in [0.2, 0.25) is 0 Å². The molecule has 2 aromatic carbocycles. The van der Waals surface area contributed by atoms with Crippen molar-refractivity contribution in [3.63, 3.8) is 0 Å². The van der Waals surface area contributed by atoms with Gasteiger partial charge in [0.15, 0.2) is 0 Å². The van der Waals surface area contributed by atoms with Crippen molar-refractivity contribution in [1.82, 2.24) is 0 Å². The fourth-order valence-electron chi connectivity index (χ4n) is 5.34. The van der Waals surface area contributed by atoms with Crippen LogP contribution in [-0.4, -0.2) is 31.1 Å². The van der Waals surface area contributed by atoms with Crippen molar-refractivity contribution < 1.29 is 23.9 Å². The molecule has 29 heavy (non-hydrogen) atoms. The number of anilines is 1. The topological polar surface area (TPSA) is 81.7 Å². The molecule has 6 nitrogen and oxygen atoms in total. The molecule has 0 unspecified atom stereocenters. The molecule has 2 aromatic rings. The first kappa shape index (κ1) is 17.9. The van der Waals surface area contributed by atoms with E-state index in [1.54, 1.807) is 12.1 Å². The fraction of sp³-hybridized carbons (Fsp3) is 0.348. The number of hydrogen-bond acceptors (Lipinski definition) is 5. The Morgan fingerprint density at radius 3 is 2.59 bits per heavy atom. The number of carbonyl (C=O) groups excluding carboxylic acids is 3. The average Bonchev–Trinajstić information content (AvgIpc) is 3.36. The molecular weight excluding hydrogens is 370 g/mol. The third kappa shape index (κ3) is 2.82. The molecule has 2 saturated carbocycles. The van der Waals surface area contributed by atoms with E-state index in [0.717, 1.165) is 24.0 Å². The second kappa shape index (κ2) is 6.72. The van der Waals surface area contributed by atoms with Crippen molar-refractivity contribution in [3.05, 3.63) is 54.1 Å². The largest absolute Gasteiger partial charge is 0.465 e. The van der Waals surface area contributed by atoms with E-state index >= 15 is 0 Å². The van der Waals surface area contributed by atoms with E-state index in [1.165, 1.54) is 7.11 Å². The van der Waals surface area contributed by atoms with E-state index in [2.05, 4.69) is 5.32 Å². The van der Waals surface area contributed by atoms with E-state index in [0.29, 0.717) is 11.3 Å². The highest BCUT2D eigenvalue weighted by Gasteiger charge is 2.63. The van der Waals surface area contributed by atoms with Gasteiger partial charge in [0, 0.05) is 11.6 Å². The van der Waals surface area contributed by atoms with Crippen molar-refractivity contribution >= 4 is 23.5 Å². The van der Waals surface area contributed by atoms with Gasteiger partial charge in [0.05, 0.1) is 24.5 Å². The van der Waals surface area contributed by atoms with Gasteiger partial charge in [-0.2, -0.15) is 0 Å². The standard InChI is InChI=1S/C23H21NO5/c1-28-22(26)16-5-3-2-4-15(16)12-6-8-14(9-7-12)24-21(25)19-13-10-17-18(11-13)29-23(27)20(17)19/h2-9,13,17-20H,10-11H2,1H3,(H,24,25)/t13-,17-,18+,19-,20-/m0/s1. The lowest BCUT2D eigenvalue weighted by molar-refractivity contribution is -0.145. The molecule has 2 bridgehead atoms. The van der Waals surface area contributed by atoms with Gasteiger partial charge in [-0.05, 0) is 48.1 Å². The summed E-state index contributed by atoms with van der Waals surface area (Å²) in [4.78, 5) is 37.0. The van der Waals surface area contributed by atoms with Crippen LogP contribution in [0, 0.1) is 23.7 Å². The van der Waals surface area contributed by atoms with Gasteiger partial charge in [0.1, 0.15) is 6.10 Å². The van der Waals surface area contributed by atoms with Gasteiger partial charge < -0.3 is 14.8 Å². The highest BCUT2D eigenvalue weighted by molar-refractivity contribution is 5.98. The lowest BCUT2D eigenvalue weighted by Crippen LogP contribution is -2.35. The van der Waals surface area contributed by atoms with Gasteiger partial charge in [-0.15, -0.1) is 0 Å². The summed E-state index contributed by atoms with van der Waals surface area (Å²) in [6, 6.07) is 14.6. The number of nitrogens with one attached hydrogen (secondary N) is 1. The molecule has 1 amide bonds. The van der Waals surface area contributed by atoms with Crippen LogP contribution in [0.4, 0.5) is 5.69 Å². The Morgan fingerprint density at radius 2 is 1.83 bits per heavy atom. The Balaban J connectivity index is 1.34. The van der Waals surface area contributed by atoms with Gasteiger partial charge in [-0.1, -0.05) is 30.3 Å². The number of fused-ring (bicyclic) bond motifs is 1. The number of carbonyl (C=O) groups is 3. The van der Waals surface area contributed by atoms with Gasteiger partial charge >= 0.3 is 11.9 Å². The molecule has 1 N–H and O–H groups in total. The van der Waals surface area contributed by atoms with E-state index in [9.17, 15) is 14.4 Å². The number of rotatable bonds is 4. The summed E-state index contributed by atoms with van der Waals surface area (Å²) in [6.07, 6.45) is 1.73. The van der Waals surface area contributed by atoms with Crippen LogP contribution >= 0.6 is 0 Å². The molecule has 5 rings (SSSR count). The van der Waals surface area contributed by atoms with Gasteiger partial charge in [-0.25, -0.2) is 4.79 Å². The third-order valence-corrected chi connectivity index (χ3v) is 6.58. The number of esters is 2. The Morgan fingerprint density at radius 1 is 1.07 bits per heavy atom. The van der Waals surface area contributed by atoms with Crippen LogP contribution in [0.3, 0.4) is 0 Å². The molecule has 5 atom stereocenters. The van der Waals surface area contributed by atoms with Gasteiger partial charge in [0.2, 0.25) is 5.91 Å². The average molecular weight is 391 g/mol. The van der Waals surface area contributed by atoms with Crippen LogP contribution in [0.15, 0.2) is 48.5 Å². The summed E-state index contributed by atoms with van der Waals surface area (Å²) in [5, 5.41) is 2.96. The first-order valence-corrected chi connectivity index (χ1v) is 9.86. The van der Waals surface area contributed by atoms with Gasteiger partial charge in [0.25, 0.3) is 0 Å². The maximum Gasteiger partial charge on any atom is 0.338 e. The number of methoxy groups -OCH3 is 1. The monoisotopic (exact) mass is 391 g/mol. The lowest BCUT2D eigenvalue weighted by Gasteiger charge is -2.23. The maximum absolute atomic E-state index is 12.9. The second-order valence-electron chi connectivity index (χ2n) is 8.03. The van der Waals surface area contributed by atoms with Crippen molar-refractivity contribution in [2.24, 2.45) is 23.7 Å².